The van der Waals surface area contributed by atoms with Gasteiger partial charge in [-0.3, -0.25) is 4.79 Å². The first-order valence-corrected chi connectivity index (χ1v) is 7.92. The minimum Gasteiger partial charge on any atom is -0.493 e. The highest BCUT2D eigenvalue weighted by Crippen LogP contribution is 2.36. The number of ether oxygens (including phenoxy) is 2. The lowest BCUT2D eigenvalue weighted by Crippen LogP contribution is -2.34. The third kappa shape index (κ3) is 3.84. The summed E-state index contributed by atoms with van der Waals surface area (Å²) in [4.78, 5) is 16.8. The summed E-state index contributed by atoms with van der Waals surface area (Å²) >= 11 is 6.25. The Morgan fingerprint density at radius 2 is 2.05 bits per heavy atom. The number of carbonyl (C=O) groups excluding carboxylic acids is 1. The maximum atomic E-state index is 12.7. The molecule has 0 bridgehead atoms. The minimum atomic E-state index is -0.0152. The van der Waals surface area contributed by atoms with Gasteiger partial charge in [-0.05, 0) is 39.1 Å². The molecule has 0 N–H and O–H groups in total. The summed E-state index contributed by atoms with van der Waals surface area (Å²) in [5.74, 6) is 0.960. The number of rotatable bonds is 4. The van der Waals surface area contributed by atoms with Gasteiger partial charge < -0.3 is 19.3 Å². The highest BCUT2D eigenvalue weighted by molar-refractivity contribution is 6.32. The standard InChI is InChI=1S/C16H23ClN2O3/c1-4-22-15-13(17)10-12(11-14(15)21-3)16(20)19-7-5-6-18(2)8-9-19/h10-11H,4-9H2,1-3H3. The van der Waals surface area contributed by atoms with Gasteiger partial charge >= 0.3 is 0 Å². The van der Waals surface area contributed by atoms with Crippen LogP contribution in [0.2, 0.25) is 5.02 Å². The molecule has 0 spiro atoms. The molecule has 1 amide bonds. The van der Waals surface area contributed by atoms with Gasteiger partial charge in [0.25, 0.3) is 5.91 Å². The number of nitrogens with zero attached hydrogens (tertiary/aromatic N) is 2. The summed E-state index contributed by atoms with van der Waals surface area (Å²) in [7, 11) is 3.62. The molecule has 5 nitrogen and oxygen atoms in total. The lowest BCUT2D eigenvalue weighted by Gasteiger charge is -2.21. The van der Waals surface area contributed by atoms with E-state index in [-0.39, 0.29) is 5.91 Å². The fourth-order valence-corrected chi connectivity index (χ4v) is 2.83. The second-order valence-electron chi connectivity index (χ2n) is 5.37. The van der Waals surface area contributed by atoms with Gasteiger partial charge in [0, 0.05) is 25.2 Å². The molecule has 6 heteroatoms. The Balaban J connectivity index is 2.24. The Bertz CT molecular complexity index is 536. The second kappa shape index (κ2) is 7.70. The molecule has 2 rings (SSSR count). The van der Waals surface area contributed by atoms with Gasteiger partial charge in [-0.1, -0.05) is 11.6 Å². The highest BCUT2D eigenvalue weighted by Gasteiger charge is 2.22. The van der Waals surface area contributed by atoms with E-state index in [0.717, 1.165) is 32.6 Å². The van der Waals surface area contributed by atoms with Gasteiger partial charge in [0.05, 0.1) is 18.7 Å². The van der Waals surface area contributed by atoms with E-state index in [9.17, 15) is 4.79 Å². The zero-order chi connectivity index (χ0) is 16.1. The fraction of sp³-hybridized carbons (Fsp3) is 0.562. The van der Waals surface area contributed by atoms with Crippen LogP contribution in [0.25, 0.3) is 0 Å². The third-order valence-corrected chi connectivity index (χ3v) is 4.05. The van der Waals surface area contributed by atoms with Gasteiger partial charge in [-0.25, -0.2) is 0 Å². The lowest BCUT2D eigenvalue weighted by atomic mass is 10.1. The maximum Gasteiger partial charge on any atom is 0.254 e. The van der Waals surface area contributed by atoms with Crippen LogP contribution in [0.15, 0.2) is 12.1 Å². The molecule has 0 unspecified atom stereocenters. The zero-order valence-electron chi connectivity index (χ0n) is 13.4. The van der Waals surface area contributed by atoms with Crippen LogP contribution < -0.4 is 9.47 Å². The number of likely N-dealkylation sites (N-methyl/N-ethyl adjacent to an activating group) is 1. The number of amides is 1. The van der Waals surface area contributed by atoms with Crippen molar-refractivity contribution >= 4 is 17.5 Å². The Hall–Kier alpha value is -1.46. The van der Waals surface area contributed by atoms with E-state index in [1.807, 2.05) is 11.8 Å². The van der Waals surface area contributed by atoms with Gasteiger partial charge in [0.2, 0.25) is 0 Å². The van der Waals surface area contributed by atoms with Crippen molar-refractivity contribution in [1.82, 2.24) is 9.80 Å². The smallest absolute Gasteiger partial charge is 0.254 e. The van der Waals surface area contributed by atoms with Crippen LogP contribution in [0.1, 0.15) is 23.7 Å². The molecule has 1 aliphatic heterocycles. The molecule has 1 aliphatic rings. The molecule has 0 saturated carbocycles. The van der Waals surface area contributed by atoms with Crippen molar-refractivity contribution in [2.45, 2.75) is 13.3 Å². The van der Waals surface area contributed by atoms with Gasteiger partial charge in [-0.15, -0.1) is 0 Å². The van der Waals surface area contributed by atoms with Crippen LogP contribution in [0.5, 0.6) is 11.5 Å². The number of carbonyl (C=O) groups is 1. The van der Waals surface area contributed by atoms with E-state index in [2.05, 4.69) is 11.9 Å². The predicted octanol–water partition coefficient (Wildman–Crippen LogP) is 2.53. The van der Waals surface area contributed by atoms with Crippen molar-refractivity contribution in [3.05, 3.63) is 22.7 Å². The third-order valence-electron chi connectivity index (χ3n) is 3.77. The summed E-state index contributed by atoms with van der Waals surface area (Å²) in [6, 6.07) is 3.36. The van der Waals surface area contributed by atoms with Crippen molar-refractivity contribution in [2.75, 3.05) is 46.9 Å². The SMILES string of the molecule is CCOc1c(Cl)cc(C(=O)N2CCCN(C)CC2)cc1OC. The molecule has 0 atom stereocenters. The van der Waals surface area contributed by atoms with Crippen LogP contribution in [0.3, 0.4) is 0 Å². The van der Waals surface area contributed by atoms with E-state index < -0.39 is 0 Å². The van der Waals surface area contributed by atoms with E-state index in [1.54, 1.807) is 19.2 Å². The first-order valence-electron chi connectivity index (χ1n) is 7.55. The van der Waals surface area contributed by atoms with Crippen LogP contribution in [-0.2, 0) is 0 Å². The molecule has 1 saturated heterocycles. The van der Waals surface area contributed by atoms with Gasteiger partial charge in [-0.2, -0.15) is 0 Å². The Labute approximate surface area is 136 Å². The molecule has 0 radical (unpaired) electrons. The van der Waals surface area contributed by atoms with Crippen molar-refractivity contribution in [3.8, 4) is 11.5 Å². The lowest BCUT2D eigenvalue weighted by molar-refractivity contribution is 0.0762. The minimum absolute atomic E-state index is 0.0152. The van der Waals surface area contributed by atoms with Crippen LogP contribution in [-0.4, -0.2) is 62.7 Å². The second-order valence-corrected chi connectivity index (χ2v) is 5.78. The number of hydrogen-bond acceptors (Lipinski definition) is 4. The summed E-state index contributed by atoms with van der Waals surface area (Å²) in [6.07, 6.45) is 0.976. The number of halogens is 1. The van der Waals surface area contributed by atoms with E-state index in [0.29, 0.717) is 28.7 Å². The quantitative estimate of drug-likeness (QED) is 0.852. The molecule has 1 aromatic rings. The van der Waals surface area contributed by atoms with Crippen molar-refractivity contribution in [3.63, 3.8) is 0 Å². The summed E-state index contributed by atoms with van der Waals surface area (Å²) in [6.45, 7) is 5.74. The maximum absolute atomic E-state index is 12.7. The molecule has 1 heterocycles. The predicted molar refractivity (Wildman–Crippen MR) is 87.2 cm³/mol. The number of methoxy groups -OCH3 is 1. The molecular weight excluding hydrogens is 304 g/mol. The molecule has 1 aromatic carbocycles. The van der Waals surface area contributed by atoms with Crippen LogP contribution >= 0.6 is 11.6 Å². The first kappa shape index (κ1) is 16.9. The summed E-state index contributed by atoms with van der Waals surface area (Å²) in [5.41, 5.74) is 0.537. The Morgan fingerprint density at radius 3 is 2.73 bits per heavy atom. The topological polar surface area (TPSA) is 42.0 Å². The van der Waals surface area contributed by atoms with Crippen molar-refractivity contribution < 1.29 is 14.3 Å². The van der Waals surface area contributed by atoms with Gasteiger partial charge in [0.1, 0.15) is 0 Å². The average molecular weight is 327 g/mol. The fourth-order valence-electron chi connectivity index (χ4n) is 2.56. The molecule has 122 valence electrons. The van der Waals surface area contributed by atoms with Gasteiger partial charge in [0.15, 0.2) is 11.5 Å². The largest absolute Gasteiger partial charge is 0.493 e. The van der Waals surface area contributed by atoms with Crippen molar-refractivity contribution in [1.29, 1.82) is 0 Å². The Kier molecular flexibility index (Phi) is 5.91. The average Bonchev–Trinajstić information content (AvgIpc) is 2.73. The zero-order valence-corrected chi connectivity index (χ0v) is 14.2. The molecule has 22 heavy (non-hydrogen) atoms. The number of benzene rings is 1. The summed E-state index contributed by atoms with van der Waals surface area (Å²) in [5, 5.41) is 0.400. The van der Waals surface area contributed by atoms with Crippen molar-refractivity contribution in [2.24, 2.45) is 0 Å². The highest BCUT2D eigenvalue weighted by atomic mass is 35.5. The van der Waals surface area contributed by atoms with E-state index in [1.165, 1.54) is 0 Å². The molecular formula is C16H23ClN2O3. The summed E-state index contributed by atoms with van der Waals surface area (Å²) < 4.78 is 10.8. The molecule has 0 aromatic heterocycles. The number of hydrogen-bond donors (Lipinski definition) is 0. The normalized spacial score (nSPS) is 16.3. The van der Waals surface area contributed by atoms with E-state index >= 15 is 0 Å². The van der Waals surface area contributed by atoms with Crippen LogP contribution in [0.4, 0.5) is 0 Å². The Morgan fingerprint density at radius 1 is 1.27 bits per heavy atom. The molecule has 0 aliphatic carbocycles. The monoisotopic (exact) mass is 326 g/mol. The molecule has 1 fully saturated rings. The van der Waals surface area contributed by atoms with Crippen LogP contribution in [0, 0.1) is 0 Å². The van der Waals surface area contributed by atoms with E-state index in [4.69, 9.17) is 21.1 Å². The first-order chi connectivity index (χ1) is 10.6.